The van der Waals surface area contributed by atoms with Crippen LogP contribution in [0.5, 0.6) is 5.75 Å². The third-order valence-electron chi connectivity index (χ3n) is 4.10. The lowest BCUT2D eigenvalue weighted by Gasteiger charge is -2.28. The molecule has 0 saturated carbocycles. The minimum absolute atomic E-state index is 0.0491. The monoisotopic (exact) mass is 309 g/mol. The minimum atomic E-state index is -0.0695. The Bertz CT molecular complexity index is 739. The summed E-state index contributed by atoms with van der Waals surface area (Å²) >= 11 is 0. The van der Waals surface area contributed by atoms with Crippen LogP contribution in [-0.4, -0.2) is 29.7 Å². The number of ketones is 1. The molecular formula is C19H19NO3. The average molecular weight is 309 g/mol. The van der Waals surface area contributed by atoms with Crippen LogP contribution in [0.1, 0.15) is 28.4 Å². The van der Waals surface area contributed by atoms with Gasteiger partial charge in [-0.25, -0.2) is 0 Å². The van der Waals surface area contributed by atoms with Crippen molar-refractivity contribution in [2.45, 2.75) is 19.9 Å². The molecule has 3 rings (SSSR count). The Labute approximate surface area is 135 Å². The Morgan fingerprint density at radius 1 is 1.04 bits per heavy atom. The van der Waals surface area contributed by atoms with Crippen LogP contribution in [0.4, 0.5) is 0 Å². The first-order valence-electron chi connectivity index (χ1n) is 7.72. The molecule has 0 fully saturated rings. The van der Waals surface area contributed by atoms with Crippen molar-refractivity contribution in [3.05, 3.63) is 65.2 Å². The summed E-state index contributed by atoms with van der Waals surface area (Å²) in [5.74, 6) is 0.337. The number of para-hydroxylation sites is 1. The molecule has 0 N–H and O–H groups in total. The summed E-state index contributed by atoms with van der Waals surface area (Å²) in [6, 6.07) is 15.2. The van der Waals surface area contributed by atoms with E-state index in [1.807, 2.05) is 12.1 Å². The number of hydrogen-bond acceptors (Lipinski definition) is 3. The van der Waals surface area contributed by atoms with Crippen molar-refractivity contribution < 1.29 is 14.3 Å². The van der Waals surface area contributed by atoms with Crippen LogP contribution in [0.25, 0.3) is 0 Å². The Morgan fingerprint density at radius 2 is 1.74 bits per heavy atom. The number of ether oxygens (including phenoxy) is 1. The quantitative estimate of drug-likeness (QED) is 0.816. The predicted molar refractivity (Wildman–Crippen MR) is 87.5 cm³/mol. The fourth-order valence-corrected chi connectivity index (χ4v) is 2.82. The molecule has 1 aliphatic rings. The number of amides is 1. The second kappa shape index (κ2) is 6.65. The van der Waals surface area contributed by atoms with Crippen LogP contribution in [-0.2, 0) is 17.8 Å². The van der Waals surface area contributed by atoms with Crippen molar-refractivity contribution in [3.63, 3.8) is 0 Å². The molecule has 1 amide bonds. The van der Waals surface area contributed by atoms with Gasteiger partial charge in [0.15, 0.2) is 12.4 Å². The largest absolute Gasteiger partial charge is 0.483 e. The zero-order chi connectivity index (χ0) is 16.2. The molecule has 2 aromatic carbocycles. The van der Waals surface area contributed by atoms with E-state index in [1.54, 1.807) is 29.2 Å². The summed E-state index contributed by atoms with van der Waals surface area (Å²) in [5.41, 5.74) is 3.00. The summed E-state index contributed by atoms with van der Waals surface area (Å²) in [5, 5.41) is 0. The smallest absolute Gasteiger partial charge is 0.260 e. The number of Topliss-reactive ketones (excluding diaryl/α,β-unsaturated/α-hetero) is 1. The third kappa shape index (κ3) is 3.42. The summed E-state index contributed by atoms with van der Waals surface area (Å²) in [7, 11) is 0. The van der Waals surface area contributed by atoms with Gasteiger partial charge in [0.2, 0.25) is 0 Å². The van der Waals surface area contributed by atoms with Crippen LogP contribution in [0.2, 0.25) is 0 Å². The Morgan fingerprint density at radius 3 is 2.52 bits per heavy atom. The van der Waals surface area contributed by atoms with Gasteiger partial charge >= 0.3 is 0 Å². The van der Waals surface area contributed by atoms with E-state index in [4.69, 9.17) is 4.74 Å². The molecule has 23 heavy (non-hydrogen) atoms. The van der Waals surface area contributed by atoms with Crippen molar-refractivity contribution in [1.29, 1.82) is 0 Å². The Kier molecular flexibility index (Phi) is 4.42. The SMILES string of the molecule is CC(=O)c1ccccc1OCC(=O)N1CCc2ccccc2C1. The standard InChI is InChI=1S/C19H19NO3/c1-14(21)17-8-4-5-9-18(17)23-13-19(22)20-11-10-15-6-2-3-7-16(15)12-20/h2-9H,10-13H2,1H3. The van der Waals surface area contributed by atoms with Gasteiger partial charge in [0.1, 0.15) is 5.75 Å². The highest BCUT2D eigenvalue weighted by atomic mass is 16.5. The molecule has 0 aliphatic carbocycles. The molecule has 0 bridgehead atoms. The topological polar surface area (TPSA) is 46.6 Å². The molecule has 1 heterocycles. The van der Waals surface area contributed by atoms with Gasteiger partial charge in [0.25, 0.3) is 5.91 Å². The second-order valence-corrected chi connectivity index (χ2v) is 5.68. The van der Waals surface area contributed by atoms with Gasteiger partial charge in [-0.2, -0.15) is 0 Å². The predicted octanol–water partition coefficient (Wildman–Crippen LogP) is 2.85. The molecule has 0 radical (unpaired) electrons. The molecule has 118 valence electrons. The molecule has 0 atom stereocenters. The van der Waals surface area contributed by atoms with Gasteiger partial charge in [0.05, 0.1) is 5.56 Å². The number of carbonyl (C=O) groups is 2. The maximum absolute atomic E-state index is 12.4. The van der Waals surface area contributed by atoms with Crippen LogP contribution < -0.4 is 4.74 Å². The molecule has 2 aromatic rings. The Balaban J connectivity index is 1.64. The fraction of sp³-hybridized carbons (Fsp3) is 0.263. The molecular weight excluding hydrogens is 290 g/mol. The third-order valence-corrected chi connectivity index (χ3v) is 4.10. The highest BCUT2D eigenvalue weighted by molar-refractivity contribution is 5.96. The lowest BCUT2D eigenvalue weighted by Crippen LogP contribution is -2.38. The summed E-state index contributed by atoms with van der Waals surface area (Å²) in [6.45, 7) is 2.76. The van der Waals surface area contributed by atoms with E-state index >= 15 is 0 Å². The van der Waals surface area contributed by atoms with E-state index in [-0.39, 0.29) is 18.3 Å². The number of fused-ring (bicyclic) bond motifs is 1. The zero-order valence-corrected chi connectivity index (χ0v) is 13.1. The minimum Gasteiger partial charge on any atom is -0.483 e. The molecule has 1 aliphatic heterocycles. The molecule has 4 heteroatoms. The van der Waals surface area contributed by atoms with Crippen molar-refractivity contribution in [2.24, 2.45) is 0 Å². The maximum Gasteiger partial charge on any atom is 0.260 e. The first-order valence-corrected chi connectivity index (χ1v) is 7.72. The van der Waals surface area contributed by atoms with Crippen LogP contribution in [0, 0.1) is 0 Å². The van der Waals surface area contributed by atoms with E-state index in [1.165, 1.54) is 18.1 Å². The average Bonchev–Trinajstić information content (AvgIpc) is 2.59. The fourth-order valence-electron chi connectivity index (χ4n) is 2.82. The second-order valence-electron chi connectivity index (χ2n) is 5.68. The first kappa shape index (κ1) is 15.3. The van der Waals surface area contributed by atoms with E-state index in [0.717, 1.165) is 6.42 Å². The number of nitrogens with zero attached hydrogens (tertiary/aromatic N) is 1. The van der Waals surface area contributed by atoms with E-state index < -0.39 is 0 Å². The van der Waals surface area contributed by atoms with Crippen LogP contribution >= 0.6 is 0 Å². The maximum atomic E-state index is 12.4. The van der Waals surface area contributed by atoms with E-state index in [9.17, 15) is 9.59 Å². The van der Waals surface area contributed by atoms with Crippen molar-refractivity contribution in [3.8, 4) is 5.75 Å². The molecule has 0 unspecified atom stereocenters. The van der Waals surface area contributed by atoms with Gasteiger partial charge in [0, 0.05) is 13.1 Å². The van der Waals surface area contributed by atoms with E-state index in [2.05, 4.69) is 12.1 Å². The zero-order valence-electron chi connectivity index (χ0n) is 13.1. The summed E-state index contributed by atoms with van der Waals surface area (Å²) in [6.07, 6.45) is 0.867. The number of hydrogen-bond donors (Lipinski definition) is 0. The molecule has 0 saturated heterocycles. The number of carbonyl (C=O) groups excluding carboxylic acids is 2. The number of rotatable bonds is 4. The molecule has 4 nitrogen and oxygen atoms in total. The molecule has 0 aromatic heterocycles. The highest BCUT2D eigenvalue weighted by Gasteiger charge is 2.21. The lowest BCUT2D eigenvalue weighted by atomic mass is 10.00. The van der Waals surface area contributed by atoms with Gasteiger partial charge < -0.3 is 9.64 Å². The van der Waals surface area contributed by atoms with E-state index in [0.29, 0.717) is 24.4 Å². The van der Waals surface area contributed by atoms with Crippen molar-refractivity contribution in [1.82, 2.24) is 4.90 Å². The van der Waals surface area contributed by atoms with Gasteiger partial charge in [-0.1, -0.05) is 36.4 Å². The van der Waals surface area contributed by atoms with Gasteiger partial charge in [-0.05, 0) is 36.6 Å². The van der Waals surface area contributed by atoms with Gasteiger partial charge in [-0.15, -0.1) is 0 Å². The van der Waals surface area contributed by atoms with Crippen LogP contribution in [0.3, 0.4) is 0 Å². The summed E-state index contributed by atoms with van der Waals surface area (Å²) in [4.78, 5) is 25.8. The van der Waals surface area contributed by atoms with Crippen LogP contribution in [0.15, 0.2) is 48.5 Å². The van der Waals surface area contributed by atoms with Gasteiger partial charge in [-0.3, -0.25) is 9.59 Å². The molecule has 0 spiro atoms. The number of benzene rings is 2. The normalized spacial score (nSPS) is 13.3. The summed E-state index contributed by atoms with van der Waals surface area (Å²) < 4.78 is 5.59. The Hall–Kier alpha value is -2.62. The van der Waals surface area contributed by atoms with Crippen molar-refractivity contribution in [2.75, 3.05) is 13.2 Å². The van der Waals surface area contributed by atoms with Crippen molar-refractivity contribution >= 4 is 11.7 Å². The highest BCUT2D eigenvalue weighted by Crippen LogP contribution is 2.20. The first-order chi connectivity index (χ1) is 11.1. The lowest BCUT2D eigenvalue weighted by molar-refractivity contribution is -0.134.